The van der Waals surface area contributed by atoms with E-state index >= 15 is 0 Å². The van der Waals surface area contributed by atoms with Gasteiger partial charge in [0.2, 0.25) is 5.91 Å². The molecule has 0 aromatic rings. The fraction of sp³-hybridized carbons (Fsp3) is 0.778. The molecule has 0 spiro atoms. The monoisotopic (exact) mass is 202 g/mol. The van der Waals surface area contributed by atoms with Gasteiger partial charge in [-0.25, -0.2) is 0 Å². The molecular formula is C9H18N2O3. The van der Waals surface area contributed by atoms with Crippen LogP contribution in [0.1, 0.15) is 26.7 Å². The van der Waals surface area contributed by atoms with Crippen molar-refractivity contribution in [3.8, 4) is 0 Å². The molecule has 0 aromatic carbocycles. The molecule has 3 N–H and O–H groups in total. The minimum atomic E-state index is -0.476. The summed E-state index contributed by atoms with van der Waals surface area (Å²) in [6.07, 6.45) is 1.49. The fourth-order valence-corrected chi connectivity index (χ4v) is 1.06. The lowest BCUT2D eigenvalue weighted by molar-refractivity contribution is -0.145. The van der Waals surface area contributed by atoms with Crippen molar-refractivity contribution in [1.82, 2.24) is 5.32 Å². The van der Waals surface area contributed by atoms with Crippen LogP contribution in [0.15, 0.2) is 0 Å². The Kier molecular flexibility index (Phi) is 6.74. The highest BCUT2D eigenvalue weighted by molar-refractivity contribution is 5.79. The number of carbonyl (C=O) groups excluding carboxylic acids is 2. The van der Waals surface area contributed by atoms with E-state index in [0.717, 1.165) is 6.42 Å². The summed E-state index contributed by atoms with van der Waals surface area (Å²) in [5, 5.41) is 2.76. The van der Waals surface area contributed by atoms with Crippen LogP contribution in [-0.4, -0.2) is 31.1 Å². The summed E-state index contributed by atoms with van der Waals surface area (Å²) in [5.41, 5.74) is 4.96. The van der Waals surface area contributed by atoms with Crippen molar-refractivity contribution >= 4 is 11.9 Å². The van der Waals surface area contributed by atoms with Crippen LogP contribution in [-0.2, 0) is 14.3 Å². The van der Waals surface area contributed by atoms with Crippen molar-refractivity contribution in [2.75, 3.05) is 13.2 Å². The van der Waals surface area contributed by atoms with Crippen LogP contribution in [0.4, 0.5) is 0 Å². The largest absolute Gasteiger partial charge is 0.465 e. The lowest BCUT2D eigenvalue weighted by Crippen LogP contribution is -2.42. The summed E-state index contributed by atoms with van der Waals surface area (Å²) in [4.78, 5) is 21.8. The molecule has 1 atom stereocenters. The normalized spacial score (nSPS) is 12.1. The number of nitrogens with one attached hydrogen (secondary N) is 1. The highest BCUT2D eigenvalue weighted by atomic mass is 16.5. The van der Waals surface area contributed by atoms with E-state index in [0.29, 0.717) is 13.0 Å². The maximum absolute atomic E-state index is 11.3. The van der Waals surface area contributed by atoms with Gasteiger partial charge in [-0.3, -0.25) is 14.9 Å². The average Bonchev–Trinajstić information content (AvgIpc) is 2.12. The third-order valence-electron chi connectivity index (χ3n) is 1.67. The molecule has 0 saturated heterocycles. The number of amides is 1. The first kappa shape index (κ1) is 12.9. The van der Waals surface area contributed by atoms with Crippen molar-refractivity contribution < 1.29 is 14.3 Å². The minimum Gasteiger partial charge on any atom is -0.465 e. The zero-order valence-electron chi connectivity index (χ0n) is 8.71. The molecule has 5 nitrogen and oxygen atoms in total. The number of primary amides is 1. The Morgan fingerprint density at radius 1 is 1.43 bits per heavy atom. The number of hydrogen-bond acceptors (Lipinski definition) is 4. The quantitative estimate of drug-likeness (QED) is 0.560. The van der Waals surface area contributed by atoms with E-state index in [2.05, 4.69) is 5.32 Å². The third kappa shape index (κ3) is 5.53. The molecule has 0 aliphatic heterocycles. The molecule has 0 bridgehead atoms. The van der Waals surface area contributed by atoms with Crippen molar-refractivity contribution in [2.45, 2.75) is 32.7 Å². The molecule has 0 rings (SSSR count). The zero-order chi connectivity index (χ0) is 11.0. The first-order valence-corrected chi connectivity index (χ1v) is 4.80. The van der Waals surface area contributed by atoms with Gasteiger partial charge in [0, 0.05) is 0 Å². The van der Waals surface area contributed by atoms with Crippen molar-refractivity contribution in [3.05, 3.63) is 0 Å². The summed E-state index contributed by atoms with van der Waals surface area (Å²) in [5.74, 6) is -0.800. The van der Waals surface area contributed by atoms with Gasteiger partial charge in [0.25, 0.3) is 0 Å². The number of nitrogens with two attached hydrogens (primary N) is 1. The molecule has 1 amide bonds. The molecule has 14 heavy (non-hydrogen) atoms. The molecule has 0 fully saturated rings. The van der Waals surface area contributed by atoms with Gasteiger partial charge in [-0.1, -0.05) is 13.3 Å². The molecule has 82 valence electrons. The van der Waals surface area contributed by atoms with Crippen LogP contribution in [0.25, 0.3) is 0 Å². The second kappa shape index (κ2) is 7.32. The highest BCUT2D eigenvalue weighted by Gasteiger charge is 2.18. The fourth-order valence-electron chi connectivity index (χ4n) is 1.06. The Labute approximate surface area is 84.0 Å². The van der Waals surface area contributed by atoms with Crippen molar-refractivity contribution in [3.63, 3.8) is 0 Å². The number of ether oxygens (including phenoxy) is 1. The molecule has 0 aliphatic carbocycles. The second-order valence-electron chi connectivity index (χ2n) is 2.94. The average molecular weight is 202 g/mol. The molecule has 5 heteroatoms. The lowest BCUT2D eigenvalue weighted by Gasteiger charge is -2.15. The van der Waals surface area contributed by atoms with Crippen LogP contribution in [0, 0.1) is 0 Å². The van der Waals surface area contributed by atoms with Gasteiger partial charge in [0.15, 0.2) is 0 Å². The Hall–Kier alpha value is -1.10. The zero-order valence-corrected chi connectivity index (χ0v) is 8.71. The SMILES string of the molecule is CCCC(NCC(N)=O)C(=O)OCC. The molecule has 0 radical (unpaired) electrons. The smallest absolute Gasteiger partial charge is 0.323 e. The molecule has 0 saturated carbocycles. The maximum atomic E-state index is 11.3. The summed E-state index contributed by atoms with van der Waals surface area (Å²) in [6, 6.07) is -0.424. The van der Waals surface area contributed by atoms with E-state index in [9.17, 15) is 9.59 Å². The Balaban J connectivity index is 3.99. The van der Waals surface area contributed by atoms with E-state index in [1.54, 1.807) is 6.92 Å². The van der Waals surface area contributed by atoms with E-state index in [1.807, 2.05) is 6.92 Å². The van der Waals surface area contributed by atoms with E-state index in [1.165, 1.54) is 0 Å². The molecule has 1 unspecified atom stereocenters. The van der Waals surface area contributed by atoms with E-state index < -0.39 is 11.9 Å². The molecule has 0 aromatic heterocycles. The van der Waals surface area contributed by atoms with Crippen LogP contribution < -0.4 is 11.1 Å². The highest BCUT2D eigenvalue weighted by Crippen LogP contribution is 1.99. The van der Waals surface area contributed by atoms with Crippen molar-refractivity contribution in [1.29, 1.82) is 0 Å². The number of hydrogen-bond donors (Lipinski definition) is 2. The first-order chi connectivity index (χ1) is 6.61. The van der Waals surface area contributed by atoms with Gasteiger partial charge < -0.3 is 10.5 Å². The maximum Gasteiger partial charge on any atom is 0.323 e. The summed E-state index contributed by atoms with van der Waals surface area (Å²) in [6.45, 7) is 4.05. The van der Waals surface area contributed by atoms with Gasteiger partial charge in [-0.2, -0.15) is 0 Å². The third-order valence-corrected chi connectivity index (χ3v) is 1.67. The second-order valence-corrected chi connectivity index (χ2v) is 2.94. The van der Waals surface area contributed by atoms with Gasteiger partial charge in [-0.05, 0) is 13.3 Å². The Morgan fingerprint density at radius 3 is 2.50 bits per heavy atom. The van der Waals surface area contributed by atoms with E-state index in [-0.39, 0.29) is 12.5 Å². The topological polar surface area (TPSA) is 81.4 Å². The minimum absolute atomic E-state index is 0.00345. The predicted octanol–water partition coefficient (Wildman–Crippen LogP) is -0.207. The van der Waals surface area contributed by atoms with Crippen LogP contribution in [0.2, 0.25) is 0 Å². The number of esters is 1. The summed E-state index contributed by atoms with van der Waals surface area (Å²) < 4.78 is 4.84. The summed E-state index contributed by atoms with van der Waals surface area (Å²) >= 11 is 0. The standard InChI is InChI=1S/C9H18N2O3/c1-3-5-7(9(13)14-4-2)11-6-8(10)12/h7,11H,3-6H2,1-2H3,(H2,10,12). The first-order valence-electron chi connectivity index (χ1n) is 4.80. The lowest BCUT2D eigenvalue weighted by atomic mass is 10.1. The Bertz CT molecular complexity index is 194. The molecule has 0 aliphatic rings. The number of rotatable bonds is 7. The van der Waals surface area contributed by atoms with Crippen LogP contribution in [0.5, 0.6) is 0 Å². The van der Waals surface area contributed by atoms with Gasteiger partial charge in [0.1, 0.15) is 6.04 Å². The molecule has 0 heterocycles. The van der Waals surface area contributed by atoms with Crippen molar-refractivity contribution in [2.24, 2.45) is 5.73 Å². The predicted molar refractivity (Wildman–Crippen MR) is 52.5 cm³/mol. The van der Waals surface area contributed by atoms with Gasteiger partial charge in [0.05, 0.1) is 13.2 Å². The number of carbonyl (C=O) groups is 2. The van der Waals surface area contributed by atoms with Crippen LogP contribution >= 0.6 is 0 Å². The molecular weight excluding hydrogens is 184 g/mol. The van der Waals surface area contributed by atoms with Gasteiger partial charge in [-0.15, -0.1) is 0 Å². The van der Waals surface area contributed by atoms with E-state index in [4.69, 9.17) is 10.5 Å². The Morgan fingerprint density at radius 2 is 2.07 bits per heavy atom. The van der Waals surface area contributed by atoms with Gasteiger partial charge >= 0.3 is 5.97 Å². The summed E-state index contributed by atoms with van der Waals surface area (Å²) in [7, 11) is 0. The van der Waals surface area contributed by atoms with Crippen LogP contribution in [0.3, 0.4) is 0 Å².